The number of carbonyl (C=O) groups is 1. The highest BCUT2D eigenvalue weighted by molar-refractivity contribution is 6.02. The molecule has 3 heterocycles. The van der Waals surface area contributed by atoms with Gasteiger partial charge in [-0.1, -0.05) is 18.7 Å². The van der Waals surface area contributed by atoms with Crippen LogP contribution in [0.1, 0.15) is 36.4 Å². The van der Waals surface area contributed by atoms with E-state index in [4.69, 9.17) is 9.57 Å². The Labute approximate surface area is 254 Å². The minimum absolute atomic E-state index is 0.321. The fourth-order valence-electron chi connectivity index (χ4n) is 5.60. The molecule has 5 rings (SSSR count). The molecular weight excluding hydrogens is 575 g/mol. The number of aromatic nitrogens is 2. The second kappa shape index (κ2) is 13.1. The van der Waals surface area contributed by atoms with Crippen molar-refractivity contribution in [3.05, 3.63) is 72.6 Å². The van der Waals surface area contributed by atoms with E-state index in [1.54, 1.807) is 25.3 Å². The summed E-state index contributed by atoms with van der Waals surface area (Å²) >= 11 is 0. The average molecular weight is 612 g/mol. The highest BCUT2D eigenvalue weighted by Crippen LogP contribution is 2.41. The zero-order valence-corrected chi connectivity index (χ0v) is 24.9. The Morgan fingerprint density at radius 2 is 1.89 bits per heavy atom. The Balaban J connectivity index is 1.42. The molecule has 2 aliphatic heterocycles. The first-order valence-corrected chi connectivity index (χ1v) is 14.3. The molecule has 44 heavy (non-hydrogen) atoms. The van der Waals surface area contributed by atoms with Crippen molar-refractivity contribution in [1.82, 2.24) is 14.9 Å². The zero-order valence-electron chi connectivity index (χ0n) is 24.9. The first kappa shape index (κ1) is 31.1. The lowest BCUT2D eigenvalue weighted by molar-refractivity contribution is -0.137. The molecule has 234 valence electrons. The van der Waals surface area contributed by atoms with Gasteiger partial charge in [0.15, 0.2) is 5.82 Å². The number of ether oxygens (including phenoxy) is 1. The summed E-state index contributed by atoms with van der Waals surface area (Å²) in [6, 6.07) is 10.6. The molecule has 2 saturated heterocycles. The lowest BCUT2D eigenvalue weighted by atomic mass is 10.0. The number of methoxy groups -OCH3 is 1. The average Bonchev–Trinajstić information content (AvgIpc) is 3.51. The summed E-state index contributed by atoms with van der Waals surface area (Å²) in [4.78, 5) is 31.3. The number of carbonyl (C=O) groups excluding carboxylic acids is 1. The number of nitrogens with zero attached hydrogens (tertiary/aromatic N) is 5. The molecule has 0 saturated carbocycles. The van der Waals surface area contributed by atoms with E-state index < -0.39 is 17.8 Å². The van der Waals surface area contributed by atoms with Gasteiger partial charge in [0.05, 0.1) is 42.4 Å². The second-order valence-corrected chi connectivity index (χ2v) is 10.9. The molecule has 2 aromatic carbocycles. The third-order valence-electron chi connectivity index (χ3n) is 7.94. The molecule has 3 aromatic rings. The lowest BCUT2D eigenvalue weighted by Gasteiger charge is -2.37. The van der Waals surface area contributed by atoms with Crippen LogP contribution in [0.3, 0.4) is 0 Å². The molecule has 0 radical (unpaired) electrons. The van der Waals surface area contributed by atoms with Gasteiger partial charge in [-0.2, -0.15) is 13.2 Å². The minimum atomic E-state index is -4.45. The zero-order chi connectivity index (χ0) is 31.4. The van der Waals surface area contributed by atoms with Gasteiger partial charge in [0.1, 0.15) is 17.9 Å². The third-order valence-corrected chi connectivity index (χ3v) is 7.94. The fraction of sp³-hybridized carbons (Fsp3) is 0.387. The number of amides is 1. The fourth-order valence-corrected chi connectivity index (χ4v) is 5.60. The predicted octanol–water partition coefficient (Wildman–Crippen LogP) is 5.79. The van der Waals surface area contributed by atoms with Crippen LogP contribution in [0.2, 0.25) is 0 Å². The number of hydrogen-bond donors (Lipinski definition) is 2. The van der Waals surface area contributed by atoms with Crippen LogP contribution in [-0.2, 0) is 15.8 Å². The van der Waals surface area contributed by atoms with Crippen LogP contribution in [-0.4, -0.2) is 67.7 Å². The van der Waals surface area contributed by atoms with E-state index in [1.165, 1.54) is 23.5 Å². The van der Waals surface area contributed by atoms with Crippen LogP contribution in [0.15, 0.2) is 61.4 Å². The summed E-state index contributed by atoms with van der Waals surface area (Å²) in [5.74, 6) is 0.960. The summed E-state index contributed by atoms with van der Waals surface area (Å²) in [5, 5.41) is 7.67. The maximum atomic E-state index is 13.4. The van der Waals surface area contributed by atoms with Crippen molar-refractivity contribution < 1.29 is 27.5 Å². The Morgan fingerprint density at radius 3 is 2.57 bits per heavy atom. The number of halogens is 3. The number of rotatable bonds is 9. The summed E-state index contributed by atoms with van der Waals surface area (Å²) in [6.45, 7) is 5.53. The molecule has 1 aromatic heterocycles. The van der Waals surface area contributed by atoms with Crippen LogP contribution in [0.4, 0.5) is 41.9 Å². The number of nitrogens with one attached hydrogen (secondary N) is 2. The van der Waals surface area contributed by atoms with Gasteiger partial charge < -0.3 is 25.2 Å². The van der Waals surface area contributed by atoms with Crippen molar-refractivity contribution in [3.8, 4) is 5.75 Å². The number of hydrogen-bond acceptors (Lipinski definition) is 9. The largest absolute Gasteiger partial charge is 0.494 e. The van der Waals surface area contributed by atoms with Gasteiger partial charge in [-0.3, -0.25) is 9.63 Å². The Morgan fingerprint density at radius 1 is 1.11 bits per heavy atom. The lowest BCUT2D eigenvalue weighted by Crippen LogP contribution is -2.42. The van der Waals surface area contributed by atoms with Crippen LogP contribution < -0.4 is 25.3 Å². The predicted molar refractivity (Wildman–Crippen MR) is 163 cm³/mol. The van der Waals surface area contributed by atoms with Crippen LogP contribution >= 0.6 is 0 Å². The monoisotopic (exact) mass is 611 g/mol. The van der Waals surface area contributed by atoms with E-state index >= 15 is 0 Å². The molecule has 2 aliphatic rings. The first-order chi connectivity index (χ1) is 21.1. The molecule has 1 atom stereocenters. The summed E-state index contributed by atoms with van der Waals surface area (Å²) < 4.78 is 45.9. The SMILES string of the molecule is C=CC(=O)Nc1cc(Nc2cc(N3OCC[C@@H]3c3cccc(C(F)(F)F)c3)ncn2)c(OC)cc1N1CCC(N(C)C)CC1. The normalized spacial score (nSPS) is 17.6. The van der Waals surface area contributed by atoms with Crippen molar-refractivity contribution in [2.75, 3.05) is 61.5 Å². The minimum Gasteiger partial charge on any atom is -0.494 e. The van der Waals surface area contributed by atoms with Crippen molar-refractivity contribution in [3.63, 3.8) is 0 Å². The van der Waals surface area contributed by atoms with Gasteiger partial charge in [0, 0.05) is 37.7 Å². The molecule has 0 unspecified atom stereocenters. The van der Waals surface area contributed by atoms with Crippen LogP contribution in [0.5, 0.6) is 5.75 Å². The molecular formula is C31H36F3N7O3. The molecule has 13 heteroatoms. The molecule has 2 N–H and O–H groups in total. The van der Waals surface area contributed by atoms with Crippen LogP contribution in [0.25, 0.3) is 0 Å². The second-order valence-electron chi connectivity index (χ2n) is 10.9. The summed E-state index contributed by atoms with van der Waals surface area (Å²) in [5.41, 5.74) is 1.71. The van der Waals surface area contributed by atoms with Crippen molar-refractivity contribution in [1.29, 1.82) is 0 Å². The van der Waals surface area contributed by atoms with E-state index in [1.807, 2.05) is 6.07 Å². The number of anilines is 5. The van der Waals surface area contributed by atoms with Gasteiger partial charge in [0.25, 0.3) is 0 Å². The van der Waals surface area contributed by atoms with E-state index in [-0.39, 0.29) is 5.91 Å². The maximum Gasteiger partial charge on any atom is 0.416 e. The van der Waals surface area contributed by atoms with Gasteiger partial charge in [-0.25, -0.2) is 15.0 Å². The maximum absolute atomic E-state index is 13.4. The summed E-state index contributed by atoms with van der Waals surface area (Å²) in [6.07, 6.45) is 0.558. The molecule has 1 amide bonds. The number of hydroxylamine groups is 1. The Hall–Kier alpha value is -4.36. The Kier molecular flexibility index (Phi) is 9.25. The molecule has 0 aliphatic carbocycles. The van der Waals surface area contributed by atoms with Crippen LogP contribution in [0, 0.1) is 0 Å². The van der Waals surface area contributed by atoms with Gasteiger partial charge in [-0.05, 0) is 56.8 Å². The molecule has 0 bridgehead atoms. The molecule has 2 fully saturated rings. The quantitative estimate of drug-likeness (QED) is 0.292. The van der Waals surface area contributed by atoms with Gasteiger partial charge in [0.2, 0.25) is 5.91 Å². The number of alkyl halides is 3. The van der Waals surface area contributed by atoms with E-state index in [0.717, 1.165) is 43.8 Å². The molecule has 10 nitrogen and oxygen atoms in total. The van der Waals surface area contributed by atoms with Gasteiger partial charge in [-0.15, -0.1) is 0 Å². The first-order valence-electron chi connectivity index (χ1n) is 14.3. The van der Waals surface area contributed by atoms with Crippen molar-refractivity contribution in [2.24, 2.45) is 0 Å². The number of piperidine rings is 1. The van der Waals surface area contributed by atoms with Gasteiger partial charge >= 0.3 is 6.18 Å². The standard InChI is InChI=1S/C31H36F3N7O3/c1-5-30(42)38-23-16-24(27(43-4)17-26(23)40-12-9-22(10-13-40)39(2)3)37-28-18-29(36-19-35-28)41-25(11-14-44-41)20-7-6-8-21(15-20)31(32,33)34/h5-8,15-19,22,25H,1,9-14H2,2-4H3,(H,38,42)(H,35,36,37)/t25-/m1/s1. The Bertz CT molecular complexity index is 1490. The highest BCUT2D eigenvalue weighted by Gasteiger charge is 2.34. The molecule has 0 spiro atoms. The van der Waals surface area contributed by atoms with E-state index in [2.05, 4.69) is 51.1 Å². The third kappa shape index (κ3) is 6.89. The van der Waals surface area contributed by atoms with Crippen molar-refractivity contribution >= 4 is 34.6 Å². The number of benzene rings is 2. The highest BCUT2D eigenvalue weighted by atomic mass is 19.4. The van der Waals surface area contributed by atoms with E-state index in [0.29, 0.717) is 53.4 Å². The van der Waals surface area contributed by atoms with E-state index in [9.17, 15) is 18.0 Å². The summed E-state index contributed by atoms with van der Waals surface area (Å²) in [7, 11) is 5.73. The van der Waals surface area contributed by atoms with Crippen molar-refractivity contribution in [2.45, 2.75) is 37.5 Å². The topological polar surface area (TPSA) is 95.1 Å². The smallest absolute Gasteiger partial charge is 0.416 e.